The Labute approximate surface area is 142 Å². The average molecular weight is 325 g/mol. The second-order valence-corrected chi connectivity index (χ2v) is 6.03. The van der Waals surface area contributed by atoms with E-state index in [1.807, 2.05) is 43.3 Å². The van der Waals surface area contributed by atoms with E-state index < -0.39 is 6.10 Å². The van der Waals surface area contributed by atoms with Crippen molar-refractivity contribution in [2.45, 2.75) is 25.0 Å². The van der Waals surface area contributed by atoms with Crippen molar-refractivity contribution in [2.24, 2.45) is 0 Å². The second-order valence-electron chi connectivity index (χ2n) is 6.03. The van der Waals surface area contributed by atoms with Crippen LogP contribution in [0.2, 0.25) is 0 Å². The monoisotopic (exact) mass is 325 g/mol. The van der Waals surface area contributed by atoms with E-state index in [1.54, 1.807) is 0 Å². The molecule has 2 aromatic rings. The topological polar surface area (TPSA) is 47.6 Å². The summed E-state index contributed by atoms with van der Waals surface area (Å²) in [5.74, 6) is -0.0279. The number of rotatable bonds is 5. The lowest BCUT2D eigenvalue weighted by molar-refractivity contribution is -0.148. The third-order valence-corrected chi connectivity index (χ3v) is 4.30. The van der Waals surface area contributed by atoms with E-state index in [0.29, 0.717) is 19.8 Å². The van der Waals surface area contributed by atoms with Crippen molar-refractivity contribution in [3.8, 4) is 0 Å². The summed E-state index contributed by atoms with van der Waals surface area (Å²) in [5, 5.41) is 3.10. The molecule has 126 valence electrons. The van der Waals surface area contributed by atoms with Crippen molar-refractivity contribution in [1.29, 1.82) is 0 Å². The van der Waals surface area contributed by atoms with E-state index in [2.05, 4.69) is 29.6 Å². The summed E-state index contributed by atoms with van der Waals surface area (Å²) in [4.78, 5) is 12.5. The van der Waals surface area contributed by atoms with E-state index in [1.165, 1.54) is 11.1 Å². The smallest absolute Gasteiger partial charge is 0.251 e. The fourth-order valence-electron chi connectivity index (χ4n) is 3.13. The molecule has 1 aliphatic rings. The quantitative estimate of drug-likeness (QED) is 0.919. The highest BCUT2D eigenvalue weighted by Crippen LogP contribution is 2.28. The van der Waals surface area contributed by atoms with Gasteiger partial charge in [0, 0.05) is 12.0 Å². The maximum absolute atomic E-state index is 12.5. The van der Waals surface area contributed by atoms with Crippen molar-refractivity contribution in [3.05, 3.63) is 71.8 Å². The highest BCUT2D eigenvalue weighted by Gasteiger charge is 2.28. The summed E-state index contributed by atoms with van der Waals surface area (Å²) in [6.45, 7) is 3.37. The molecule has 0 unspecified atom stereocenters. The number of nitrogens with one attached hydrogen (secondary N) is 1. The number of ether oxygens (including phenoxy) is 2. The molecule has 1 heterocycles. The molecule has 1 saturated heterocycles. The standard InChI is InChI=1S/C20H23NO3/c1-15(21-20(22)18-14-23-12-13-24-18)19(16-8-4-2-5-9-16)17-10-6-3-7-11-17/h2-11,15,18-19H,12-14H2,1H3,(H,21,22)/t15-,18+/m0/s1. The van der Waals surface area contributed by atoms with E-state index in [9.17, 15) is 4.79 Å². The summed E-state index contributed by atoms with van der Waals surface area (Å²) in [7, 11) is 0. The zero-order valence-electron chi connectivity index (χ0n) is 13.9. The van der Waals surface area contributed by atoms with Gasteiger partial charge in [0.25, 0.3) is 5.91 Å². The van der Waals surface area contributed by atoms with Crippen LogP contribution >= 0.6 is 0 Å². The Morgan fingerprint density at radius 1 is 1.00 bits per heavy atom. The van der Waals surface area contributed by atoms with Gasteiger partial charge in [0.2, 0.25) is 0 Å². The molecule has 0 bridgehead atoms. The van der Waals surface area contributed by atoms with Gasteiger partial charge in [0.1, 0.15) is 0 Å². The summed E-state index contributed by atoms with van der Waals surface area (Å²) < 4.78 is 10.8. The number of benzene rings is 2. The third-order valence-electron chi connectivity index (χ3n) is 4.30. The van der Waals surface area contributed by atoms with Gasteiger partial charge in [-0.25, -0.2) is 0 Å². The van der Waals surface area contributed by atoms with E-state index in [-0.39, 0.29) is 17.9 Å². The maximum atomic E-state index is 12.5. The molecule has 1 fully saturated rings. The second kappa shape index (κ2) is 8.08. The molecule has 24 heavy (non-hydrogen) atoms. The third kappa shape index (κ3) is 4.02. The SMILES string of the molecule is C[C@H](NC(=O)[C@H]1COCCO1)C(c1ccccc1)c1ccccc1. The highest BCUT2D eigenvalue weighted by molar-refractivity contribution is 5.81. The molecule has 0 aliphatic carbocycles. The number of hydrogen-bond acceptors (Lipinski definition) is 3. The Morgan fingerprint density at radius 3 is 2.08 bits per heavy atom. The Bertz CT molecular complexity index is 599. The van der Waals surface area contributed by atoms with Crippen LogP contribution < -0.4 is 5.32 Å². The van der Waals surface area contributed by atoms with Gasteiger partial charge in [-0.1, -0.05) is 60.7 Å². The summed E-state index contributed by atoms with van der Waals surface area (Å²) in [6, 6.07) is 20.4. The zero-order chi connectivity index (χ0) is 16.8. The summed E-state index contributed by atoms with van der Waals surface area (Å²) >= 11 is 0. The molecule has 3 rings (SSSR count). The summed E-state index contributed by atoms with van der Waals surface area (Å²) in [6.07, 6.45) is -0.520. The molecule has 2 atom stereocenters. The van der Waals surface area contributed by atoms with Crippen molar-refractivity contribution in [2.75, 3.05) is 19.8 Å². The first kappa shape index (κ1) is 16.7. The van der Waals surface area contributed by atoms with Crippen molar-refractivity contribution in [3.63, 3.8) is 0 Å². The predicted molar refractivity (Wildman–Crippen MR) is 92.9 cm³/mol. The number of hydrogen-bond donors (Lipinski definition) is 1. The van der Waals surface area contributed by atoms with E-state index >= 15 is 0 Å². The molecule has 1 aliphatic heterocycles. The van der Waals surface area contributed by atoms with Crippen molar-refractivity contribution < 1.29 is 14.3 Å². The van der Waals surface area contributed by atoms with Gasteiger partial charge in [0.05, 0.1) is 19.8 Å². The van der Waals surface area contributed by atoms with E-state index in [0.717, 1.165) is 0 Å². The minimum atomic E-state index is -0.520. The van der Waals surface area contributed by atoms with E-state index in [4.69, 9.17) is 9.47 Å². The first-order valence-electron chi connectivity index (χ1n) is 8.35. The minimum Gasteiger partial charge on any atom is -0.376 e. The molecule has 2 aromatic carbocycles. The Balaban J connectivity index is 1.79. The lowest BCUT2D eigenvalue weighted by Crippen LogP contribution is -2.47. The predicted octanol–water partition coefficient (Wildman–Crippen LogP) is 2.74. The normalized spacial score (nSPS) is 19.0. The molecule has 1 N–H and O–H groups in total. The van der Waals surface area contributed by atoms with Gasteiger partial charge in [-0.3, -0.25) is 4.79 Å². The van der Waals surface area contributed by atoms with Crippen molar-refractivity contribution >= 4 is 5.91 Å². The Kier molecular flexibility index (Phi) is 5.62. The first-order chi connectivity index (χ1) is 11.8. The van der Waals surface area contributed by atoms with Crippen LogP contribution in [-0.2, 0) is 14.3 Å². The van der Waals surface area contributed by atoms with Crippen LogP contribution in [0.3, 0.4) is 0 Å². The molecular formula is C20H23NO3. The summed E-state index contributed by atoms with van der Waals surface area (Å²) in [5.41, 5.74) is 2.36. The van der Waals surface area contributed by atoms with Crippen molar-refractivity contribution in [1.82, 2.24) is 5.32 Å². The molecule has 0 aromatic heterocycles. The molecule has 0 spiro atoms. The van der Waals surface area contributed by atoms with Crippen LogP contribution in [0.4, 0.5) is 0 Å². The Hall–Kier alpha value is -2.17. The average Bonchev–Trinajstić information content (AvgIpc) is 2.64. The largest absolute Gasteiger partial charge is 0.376 e. The fourth-order valence-corrected chi connectivity index (χ4v) is 3.13. The van der Waals surface area contributed by atoms with Crippen LogP contribution in [0.1, 0.15) is 24.0 Å². The van der Waals surface area contributed by atoms with Gasteiger partial charge in [-0.05, 0) is 18.1 Å². The fraction of sp³-hybridized carbons (Fsp3) is 0.350. The maximum Gasteiger partial charge on any atom is 0.251 e. The number of carbonyl (C=O) groups is 1. The van der Waals surface area contributed by atoms with Crippen LogP contribution in [0.5, 0.6) is 0 Å². The van der Waals surface area contributed by atoms with Crippen LogP contribution in [0.25, 0.3) is 0 Å². The van der Waals surface area contributed by atoms with Gasteiger partial charge in [0.15, 0.2) is 6.10 Å². The van der Waals surface area contributed by atoms with Gasteiger partial charge in [-0.15, -0.1) is 0 Å². The molecular weight excluding hydrogens is 302 g/mol. The molecule has 0 radical (unpaired) electrons. The number of amides is 1. The zero-order valence-corrected chi connectivity index (χ0v) is 13.9. The molecule has 4 heteroatoms. The number of carbonyl (C=O) groups excluding carboxylic acids is 1. The Morgan fingerprint density at radius 2 is 1.58 bits per heavy atom. The van der Waals surface area contributed by atoms with Crippen LogP contribution in [0, 0.1) is 0 Å². The highest BCUT2D eigenvalue weighted by atomic mass is 16.6. The lowest BCUT2D eigenvalue weighted by atomic mass is 9.85. The van der Waals surface area contributed by atoms with Gasteiger partial charge in [-0.2, -0.15) is 0 Å². The molecule has 4 nitrogen and oxygen atoms in total. The lowest BCUT2D eigenvalue weighted by Gasteiger charge is -2.29. The first-order valence-corrected chi connectivity index (χ1v) is 8.35. The van der Waals surface area contributed by atoms with Gasteiger partial charge >= 0.3 is 0 Å². The van der Waals surface area contributed by atoms with Crippen LogP contribution in [-0.4, -0.2) is 37.9 Å². The van der Waals surface area contributed by atoms with Gasteiger partial charge < -0.3 is 14.8 Å². The van der Waals surface area contributed by atoms with Crippen LogP contribution in [0.15, 0.2) is 60.7 Å². The minimum absolute atomic E-state index is 0.0622. The molecule has 1 amide bonds. The molecule has 0 saturated carbocycles.